The fourth-order valence-electron chi connectivity index (χ4n) is 4.72. The number of hydrogen-bond acceptors (Lipinski definition) is 5. The van der Waals surface area contributed by atoms with Gasteiger partial charge in [0.25, 0.3) is 5.91 Å². The number of carbonyl (C=O) groups excluding carboxylic acids is 3. The molecule has 0 aromatic heterocycles. The van der Waals surface area contributed by atoms with Crippen molar-refractivity contribution in [2.45, 2.75) is 51.8 Å². The molecule has 0 spiro atoms. The highest BCUT2D eigenvalue weighted by molar-refractivity contribution is 6.10. The number of alkyl carbamates (subject to hydrolysis) is 1. The largest absolute Gasteiger partial charge is 0.465 e. The number of ether oxygens (including phenoxy) is 2. The molecule has 0 saturated heterocycles. The van der Waals surface area contributed by atoms with E-state index in [1.807, 2.05) is 55.5 Å². The second kappa shape index (κ2) is 10.1. The predicted molar refractivity (Wildman–Crippen MR) is 141 cm³/mol. The van der Waals surface area contributed by atoms with E-state index in [-0.39, 0.29) is 12.3 Å². The standard InChI is InChI=1S/C30H32N2O5/c1-20-10-9-13-24-25(20)32(19-22-11-7-6-8-12-22)27(34)30(24,31-28(35)37-29(2,3)4)18-21-14-16-23(17-15-21)26(33)36-5/h6-17H,18-19H2,1-5H3,(H,31,35)/t30-/m0/s1. The Balaban J connectivity index is 1.81. The van der Waals surface area contributed by atoms with Crippen LogP contribution >= 0.6 is 0 Å². The van der Waals surface area contributed by atoms with Crippen molar-refractivity contribution < 1.29 is 23.9 Å². The minimum atomic E-state index is -1.40. The summed E-state index contributed by atoms with van der Waals surface area (Å²) in [6.45, 7) is 7.65. The van der Waals surface area contributed by atoms with Crippen LogP contribution in [0.2, 0.25) is 0 Å². The summed E-state index contributed by atoms with van der Waals surface area (Å²) in [6.07, 6.45) is -0.505. The van der Waals surface area contributed by atoms with Gasteiger partial charge in [0, 0.05) is 12.0 Å². The minimum Gasteiger partial charge on any atom is -0.465 e. The smallest absolute Gasteiger partial charge is 0.408 e. The topological polar surface area (TPSA) is 84.9 Å². The van der Waals surface area contributed by atoms with Gasteiger partial charge in [0.05, 0.1) is 24.9 Å². The number of aryl methyl sites for hydroxylation is 1. The third kappa shape index (κ3) is 5.35. The number of para-hydroxylation sites is 1. The number of esters is 1. The van der Waals surface area contributed by atoms with Gasteiger partial charge in [-0.25, -0.2) is 9.59 Å². The van der Waals surface area contributed by atoms with Gasteiger partial charge in [-0.2, -0.15) is 0 Å². The number of fused-ring (bicyclic) bond motifs is 1. The maximum atomic E-state index is 14.3. The van der Waals surface area contributed by atoms with E-state index < -0.39 is 23.2 Å². The highest BCUT2D eigenvalue weighted by Gasteiger charge is 2.53. The van der Waals surface area contributed by atoms with Crippen LogP contribution in [-0.4, -0.2) is 30.7 Å². The van der Waals surface area contributed by atoms with Crippen molar-refractivity contribution in [1.29, 1.82) is 0 Å². The van der Waals surface area contributed by atoms with Crippen LogP contribution < -0.4 is 10.2 Å². The molecule has 1 heterocycles. The van der Waals surface area contributed by atoms with E-state index in [1.165, 1.54) is 7.11 Å². The van der Waals surface area contributed by atoms with Crippen LogP contribution in [0.15, 0.2) is 72.8 Å². The molecule has 0 unspecified atom stereocenters. The van der Waals surface area contributed by atoms with E-state index >= 15 is 0 Å². The van der Waals surface area contributed by atoms with Gasteiger partial charge in [-0.1, -0.05) is 60.7 Å². The number of anilines is 1. The van der Waals surface area contributed by atoms with Crippen molar-refractivity contribution in [2.24, 2.45) is 0 Å². The summed E-state index contributed by atoms with van der Waals surface area (Å²) in [5.74, 6) is -0.691. The molecule has 2 amide bonds. The van der Waals surface area contributed by atoms with Crippen molar-refractivity contribution in [3.8, 4) is 0 Å². The lowest BCUT2D eigenvalue weighted by atomic mass is 9.84. The lowest BCUT2D eigenvalue weighted by Crippen LogP contribution is -2.55. The lowest BCUT2D eigenvalue weighted by Gasteiger charge is -2.31. The van der Waals surface area contributed by atoms with Gasteiger partial charge in [0.2, 0.25) is 0 Å². The number of methoxy groups -OCH3 is 1. The van der Waals surface area contributed by atoms with Crippen LogP contribution in [0.3, 0.4) is 0 Å². The summed E-state index contributed by atoms with van der Waals surface area (Å²) < 4.78 is 10.4. The van der Waals surface area contributed by atoms with Gasteiger partial charge in [-0.05, 0) is 56.5 Å². The van der Waals surface area contributed by atoms with Crippen LogP contribution in [0.5, 0.6) is 0 Å². The van der Waals surface area contributed by atoms with E-state index in [9.17, 15) is 14.4 Å². The molecular formula is C30H32N2O5. The average molecular weight is 501 g/mol. The van der Waals surface area contributed by atoms with Crippen molar-refractivity contribution in [2.75, 3.05) is 12.0 Å². The first kappa shape index (κ1) is 25.9. The number of nitrogens with one attached hydrogen (secondary N) is 1. The van der Waals surface area contributed by atoms with Crippen molar-refractivity contribution in [3.63, 3.8) is 0 Å². The van der Waals surface area contributed by atoms with E-state index in [2.05, 4.69) is 5.32 Å². The molecule has 7 nitrogen and oxygen atoms in total. The molecule has 1 aliphatic rings. The van der Waals surface area contributed by atoms with Gasteiger partial charge >= 0.3 is 12.1 Å². The van der Waals surface area contributed by atoms with Crippen LogP contribution in [0.1, 0.15) is 53.4 Å². The number of rotatable bonds is 6. The van der Waals surface area contributed by atoms with Gasteiger partial charge in [-0.15, -0.1) is 0 Å². The Hall–Kier alpha value is -4.13. The maximum absolute atomic E-state index is 14.3. The Kier molecular flexibility index (Phi) is 7.07. The van der Waals surface area contributed by atoms with Crippen LogP contribution in [0.4, 0.5) is 10.5 Å². The van der Waals surface area contributed by atoms with Gasteiger partial charge in [-0.3, -0.25) is 4.79 Å². The average Bonchev–Trinajstić information content (AvgIpc) is 3.07. The molecule has 192 valence electrons. The Morgan fingerprint density at radius 3 is 2.22 bits per heavy atom. The molecule has 0 bridgehead atoms. The zero-order chi connectivity index (χ0) is 26.8. The second-order valence-corrected chi connectivity index (χ2v) is 10.2. The number of amides is 2. The normalized spacial score (nSPS) is 16.8. The molecule has 1 atom stereocenters. The first-order valence-corrected chi connectivity index (χ1v) is 12.2. The summed E-state index contributed by atoms with van der Waals surface area (Å²) in [6, 6.07) is 22.3. The Bertz CT molecular complexity index is 1310. The first-order valence-electron chi connectivity index (χ1n) is 12.2. The fourth-order valence-corrected chi connectivity index (χ4v) is 4.72. The van der Waals surface area contributed by atoms with Gasteiger partial charge in [0.15, 0.2) is 5.54 Å². The molecule has 4 rings (SSSR count). The molecule has 0 fully saturated rings. The first-order chi connectivity index (χ1) is 17.5. The monoisotopic (exact) mass is 500 g/mol. The minimum absolute atomic E-state index is 0.175. The Morgan fingerprint density at radius 2 is 1.59 bits per heavy atom. The summed E-state index contributed by atoms with van der Waals surface area (Å²) in [5, 5.41) is 2.95. The second-order valence-electron chi connectivity index (χ2n) is 10.2. The number of hydrogen-bond donors (Lipinski definition) is 1. The molecule has 0 saturated carbocycles. The SMILES string of the molecule is COC(=O)c1ccc(C[C@@]2(NC(=O)OC(C)(C)C)C(=O)N(Cc3ccccc3)c3c(C)cccc32)cc1. The molecule has 1 aliphatic heterocycles. The summed E-state index contributed by atoms with van der Waals surface area (Å²) >= 11 is 0. The van der Waals surface area contributed by atoms with Crippen molar-refractivity contribution in [3.05, 3.63) is 101 Å². The third-order valence-electron chi connectivity index (χ3n) is 6.32. The lowest BCUT2D eigenvalue weighted by molar-refractivity contribution is -0.124. The fraction of sp³-hybridized carbons (Fsp3) is 0.300. The van der Waals surface area contributed by atoms with Crippen LogP contribution in [0, 0.1) is 6.92 Å². The molecule has 1 N–H and O–H groups in total. The van der Waals surface area contributed by atoms with Gasteiger partial charge in [0.1, 0.15) is 5.60 Å². The summed E-state index contributed by atoms with van der Waals surface area (Å²) in [5.41, 5.74) is 2.41. The van der Waals surface area contributed by atoms with E-state index in [0.717, 1.165) is 22.4 Å². The number of benzene rings is 3. The summed E-state index contributed by atoms with van der Waals surface area (Å²) in [4.78, 5) is 41.1. The van der Waals surface area contributed by atoms with Crippen molar-refractivity contribution in [1.82, 2.24) is 5.32 Å². The maximum Gasteiger partial charge on any atom is 0.408 e. The Morgan fingerprint density at radius 1 is 0.919 bits per heavy atom. The Labute approximate surface area is 217 Å². The van der Waals surface area contributed by atoms with Gasteiger partial charge < -0.3 is 19.7 Å². The quantitative estimate of drug-likeness (QED) is 0.465. The molecule has 3 aromatic rings. The van der Waals surface area contributed by atoms with E-state index in [0.29, 0.717) is 17.7 Å². The molecule has 0 aliphatic carbocycles. The van der Waals surface area contributed by atoms with E-state index in [1.54, 1.807) is 49.9 Å². The highest BCUT2D eigenvalue weighted by atomic mass is 16.6. The predicted octanol–water partition coefficient (Wildman–Crippen LogP) is 5.29. The number of nitrogens with zero attached hydrogens (tertiary/aromatic N) is 1. The zero-order valence-electron chi connectivity index (χ0n) is 21.8. The number of carbonyl (C=O) groups is 3. The van der Waals surface area contributed by atoms with E-state index in [4.69, 9.17) is 9.47 Å². The molecule has 37 heavy (non-hydrogen) atoms. The molecule has 7 heteroatoms. The molecule has 3 aromatic carbocycles. The third-order valence-corrected chi connectivity index (χ3v) is 6.32. The summed E-state index contributed by atoms with van der Waals surface area (Å²) in [7, 11) is 1.33. The zero-order valence-corrected chi connectivity index (χ0v) is 21.8. The van der Waals surface area contributed by atoms with Crippen LogP contribution in [0.25, 0.3) is 0 Å². The molecule has 0 radical (unpaired) electrons. The van der Waals surface area contributed by atoms with Crippen LogP contribution in [-0.2, 0) is 32.8 Å². The molecular weight excluding hydrogens is 468 g/mol. The highest BCUT2D eigenvalue weighted by Crippen LogP contribution is 2.45. The van der Waals surface area contributed by atoms with Crippen molar-refractivity contribution >= 4 is 23.7 Å².